The molecule has 5 nitrogen and oxygen atoms in total. The van der Waals surface area contributed by atoms with Gasteiger partial charge in [-0.05, 0) is 42.7 Å². The number of fused-ring (bicyclic) bond motifs is 1. The van der Waals surface area contributed by atoms with E-state index in [4.69, 9.17) is 16.3 Å². The summed E-state index contributed by atoms with van der Waals surface area (Å²) >= 11 is 6.01. The molecule has 2 aromatic carbocycles. The van der Waals surface area contributed by atoms with Crippen LogP contribution in [0.2, 0.25) is 5.02 Å². The highest BCUT2D eigenvalue weighted by Crippen LogP contribution is 2.29. The molecule has 0 aromatic heterocycles. The van der Waals surface area contributed by atoms with Crippen molar-refractivity contribution >= 4 is 28.9 Å². The number of halogens is 1. The molecule has 2 aromatic rings. The van der Waals surface area contributed by atoms with E-state index >= 15 is 0 Å². The highest BCUT2D eigenvalue weighted by molar-refractivity contribution is 6.31. The fourth-order valence-electron chi connectivity index (χ4n) is 2.97. The first-order chi connectivity index (χ1) is 12.6. The Morgan fingerprint density at radius 1 is 1.35 bits per heavy atom. The SMILES string of the molecule is COc1ccc(Cl)cc1N/C=C(/C#N)C(=O)N1CCCc2ccccc21. The van der Waals surface area contributed by atoms with Crippen LogP contribution in [-0.4, -0.2) is 19.6 Å². The Morgan fingerprint density at radius 3 is 2.92 bits per heavy atom. The number of amides is 1. The summed E-state index contributed by atoms with van der Waals surface area (Å²) in [5.74, 6) is 0.242. The fourth-order valence-corrected chi connectivity index (χ4v) is 3.15. The second kappa shape index (κ2) is 7.94. The van der Waals surface area contributed by atoms with E-state index in [-0.39, 0.29) is 11.5 Å². The maximum atomic E-state index is 12.9. The van der Waals surface area contributed by atoms with Gasteiger partial charge in [0.1, 0.15) is 17.4 Å². The van der Waals surface area contributed by atoms with Crippen LogP contribution in [0.3, 0.4) is 0 Å². The van der Waals surface area contributed by atoms with E-state index in [0.717, 1.165) is 24.1 Å². The molecule has 26 heavy (non-hydrogen) atoms. The van der Waals surface area contributed by atoms with Crippen LogP contribution in [0, 0.1) is 11.3 Å². The van der Waals surface area contributed by atoms with Crippen LogP contribution in [0.25, 0.3) is 0 Å². The van der Waals surface area contributed by atoms with Crippen molar-refractivity contribution in [2.24, 2.45) is 0 Å². The molecular weight excluding hydrogens is 350 g/mol. The molecule has 0 saturated carbocycles. The van der Waals surface area contributed by atoms with E-state index in [1.54, 1.807) is 30.2 Å². The summed E-state index contributed by atoms with van der Waals surface area (Å²) in [6, 6.07) is 14.9. The normalized spacial score (nSPS) is 13.6. The number of nitrogens with zero attached hydrogens (tertiary/aromatic N) is 2. The summed E-state index contributed by atoms with van der Waals surface area (Å²) < 4.78 is 5.26. The average Bonchev–Trinajstić information content (AvgIpc) is 2.68. The predicted molar refractivity (Wildman–Crippen MR) is 102 cm³/mol. The number of benzene rings is 2. The topological polar surface area (TPSA) is 65.4 Å². The monoisotopic (exact) mass is 367 g/mol. The zero-order chi connectivity index (χ0) is 18.5. The fraction of sp³-hybridized carbons (Fsp3) is 0.200. The highest BCUT2D eigenvalue weighted by Gasteiger charge is 2.24. The Kier molecular flexibility index (Phi) is 5.45. The van der Waals surface area contributed by atoms with Gasteiger partial charge < -0.3 is 15.0 Å². The Hall–Kier alpha value is -2.97. The number of hydrogen-bond acceptors (Lipinski definition) is 4. The van der Waals surface area contributed by atoms with E-state index < -0.39 is 0 Å². The van der Waals surface area contributed by atoms with Crippen molar-refractivity contribution in [3.05, 3.63) is 64.8 Å². The Morgan fingerprint density at radius 2 is 2.15 bits per heavy atom. The molecule has 0 unspecified atom stereocenters. The number of rotatable bonds is 4. The molecular formula is C20H18ClN3O2. The van der Waals surface area contributed by atoms with Crippen LogP contribution >= 0.6 is 11.6 Å². The van der Waals surface area contributed by atoms with Gasteiger partial charge in [0, 0.05) is 23.5 Å². The van der Waals surface area contributed by atoms with Gasteiger partial charge >= 0.3 is 0 Å². The lowest BCUT2D eigenvalue weighted by Crippen LogP contribution is -2.36. The number of methoxy groups -OCH3 is 1. The standard InChI is InChI=1S/C20H18ClN3O2/c1-26-19-9-8-16(21)11-17(19)23-13-15(12-22)20(25)24-10-4-6-14-5-2-3-7-18(14)24/h2-3,5,7-9,11,13,23H,4,6,10H2,1H3/b15-13-. The van der Waals surface area contributed by atoms with Crippen LogP contribution < -0.4 is 15.0 Å². The number of carbonyl (C=O) groups is 1. The zero-order valence-corrected chi connectivity index (χ0v) is 15.1. The molecule has 1 aliphatic heterocycles. The molecule has 1 N–H and O–H groups in total. The van der Waals surface area contributed by atoms with E-state index in [1.165, 1.54) is 6.20 Å². The number of para-hydroxylation sites is 1. The molecule has 6 heteroatoms. The molecule has 0 saturated heterocycles. The van der Waals surface area contributed by atoms with Crippen LogP contribution in [0.15, 0.2) is 54.2 Å². The van der Waals surface area contributed by atoms with Crippen LogP contribution in [0.5, 0.6) is 5.75 Å². The lowest BCUT2D eigenvalue weighted by molar-refractivity contribution is -0.114. The lowest BCUT2D eigenvalue weighted by Gasteiger charge is -2.29. The third kappa shape index (κ3) is 3.66. The number of nitrogens with one attached hydrogen (secondary N) is 1. The predicted octanol–water partition coefficient (Wildman–Crippen LogP) is 4.15. The molecule has 1 aliphatic rings. The van der Waals surface area contributed by atoms with Crippen molar-refractivity contribution in [3.8, 4) is 11.8 Å². The van der Waals surface area contributed by atoms with E-state index in [0.29, 0.717) is 23.0 Å². The smallest absolute Gasteiger partial charge is 0.270 e. The van der Waals surface area contributed by atoms with Crippen molar-refractivity contribution < 1.29 is 9.53 Å². The first-order valence-corrected chi connectivity index (χ1v) is 8.62. The first kappa shape index (κ1) is 17.8. The third-order valence-corrected chi connectivity index (χ3v) is 4.47. The number of hydrogen-bond donors (Lipinski definition) is 1. The minimum Gasteiger partial charge on any atom is -0.495 e. The molecule has 0 atom stereocenters. The summed E-state index contributed by atoms with van der Waals surface area (Å²) in [5, 5.41) is 13.0. The van der Waals surface area contributed by atoms with Gasteiger partial charge in [-0.2, -0.15) is 5.26 Å². The molecule has 132 valence electrons. The third-order valence-electron chi connectivity index (χ3n) is 4.24. The minimum absolute atomic E-state index is 0.0173. The van der Waals surface area contributed by atoms with Crippen molar-refractivity contribution in [1.29, 1.82) is 5.26 Å². The van der Waals surface area contributed by atoms with Gasteiger partial charge in [0.25, 0.3) is 5.91 Å². The van der Waals surface area contributed by atoms with Crippen LogP contribution in [0.4, 0.5) is 11.4 Å². The number of ether oxygens (including phenoxy) is 1. The summed E-state index contributed by atoms with van der Waals surface area (Å²) in [6.07, 6.45) is 3.20. The molecule has 0 radical (unpaired) electrons. The molecule has 0 aliphatic carbocycles. The van der Waals surface area contributed by atoms with E-state index in [1.807, 2.05) is 30.3 Å². The second-order valence-corrected chi connectivity index (χ2v) is 6.28. The molecule has 3 rings (SSSR count). The molecule has 0 bridgehead atoms. The van der Waals surface area contributed by atoms with Gasteiger partial charge in [-0.1, -0.05) is 29.8 Å². The zero-order valence-electron chi connectivity index (χ0n) is 14.3. The van der Waals surface area contributed by atoms with Gasteiger partial charge in [0.2, 0.25) is 0 Å². The van der Waals surface area contributed by atoms with Gasteiger partial charge in [-0.15, -0.1) is 0 Å². The molecule has 0 fully saturated rings. The average molecular weight is 368 g/mol. The summed E-state index contributed by atoms with van der Waals surface area (Å²) in [5.41, 5.74) is 2.59. The second-order valence-electron chi connectivity index (χ2n) is 5.85. The summed E-state index contributed by atoms with van der Waals surface area (Å²) in [6.45, 7) is 0.593. The number of carbonyl (C=O) groups excluding carboxylic acids is 1. The van der Waals surface area contributed by atoms with Crippen LogP contribution in [0.1, 0.15) is 12.0 Å². The van der Waals surface area contributed by atoms with Crippen molar-refractivity contribution in [1.82, 2.24) is 0 Å². The number of anilines is 2. The maximum Gasteiger partial charge on any atom is 0.270 e. The highest BCUT2D eigenvalue weighted by atomic mass is 35.5. The maximum absolute atomic E-state index is 12.9. The first-order valence-electron chi connectivity index (χ1n) is 8.24. The summed E-state index contributed by atoms with van der Waals surface area (Å²) in [4.78, 5) is 14.5. The molecule has 1 heterocycles. The van der Waals surface area contributed by atoms with Crippen LogP contribution in [-0.2, 0) is 11.2 Å². The lowest BCUT2D eigenvalue weighted by atomic mass is 10.0. The largest absolute Gasteiger partial charge is 0.495 e. The van der Waals surface area contributed by atoms with Gasteiger partial charge in [-0.3, -0.25) is 4.79 Å². The van der Waals surface area contributed by atoms with Gasteiger partial charge in [0.05, 0.1) is 12.8 Å². The van der Waals surface area contributed by atoms with Crippen molar-refractivity contribution in [3.63, 3.8) is 0 Å². The minimum atomic E-state index is -0.326. The number of aryl methyl sites for hydroxylation is 1. The van der Waals surface area contributed by atoms with Gasteiger partial charge in [0.15, 0.2) is 0 Å². The quantitative estimate of drug-likeness (QED) is 0.651. The Balaban J connectivity index is 1.86. The van der Waals surface area contributed by atoms with E-state index in [2.05, 4.69) is 5.32 Å². The number of nitriles is 1. The van der Waals surface area contributed by atoms with Crippen molar-refractivity contribution in [2.75, 3.05) is 23.9 Å². The van der Waals surface area contributed by atoms with Gasteiger partial charge in [-0.25, -0.2) is 0 Å². The molecule has 0 spiro atoms. The van der Waals surface area contributed by atoms with E-state index in [9.17, 15) is 10.1 Å². The molecule has 1 amide bonds. The Labute approximate surface area is 157 Å². The Bertz CT molecular complexity index is 902. The summed E-state index contributed by atoms with van der Waals surface area (Å²) in [7, 11) is 1.54. The van der Waals surface area contributed by atoms with Crippen molar-refractivity contribution in [2.45, 2.75) is 12.8 Å².